The van der Waals surface area contributed by atoms with Gasteiger partial charge in [-0.05, 0) is 54.8 Å². The summed E-state index contributed by atoms with van der Waals surface area (Å²) in [6, 6.07) is 22.2. The average Bonchev–Trinajstić information content (AvgIpc) is 3.27. The number of sulfone groups is 1. The largest absolute Gasteiger partial charge is 0.499 e. The Morgan fingerprint density at radius 2 is 1.72 bits per heavy atom. The maximum atomic E-state index is 12.7. The Hall–Kier alpha value is -4.07. The van der Waals surface area contributed by atoms with Gasteiger partial charge in [0.25, 0.3) is 9.84 Å². The summed E-state index contributed by atoms with van der Waals surface area (Å²) in [4.78, 5) is 12.6. The van der Waals surface area contributed by atoms with Crippen molar-refractivity contribution in [2.75, 3.05) is 24.3 Å². The third kappa shape index (κ3) is 8.06. The van der Waals surface area contributed by atoms with Crippen LogP contribution in [0.5, 0.6) is 5.75 Å². The van der Waals surface area contributed by atoms with Crippen molar-refractivity contribution in [3.63, 3.8) is 0 Å². The van der Waals surface area contributed by atoms with Gasteiger partial charge in [-0.2, -0.15) is 13.2 Å². The fourth-order valence-electron chi connectivity index (χ4n) is 4.70. The van der Waals surface area contributed by atoms with Crippen molar-refractivity contribution >= 4 is 32.4 Å². The molecule has 0 radical (unpaired) electrons. The van der Waals surface area contributed by atoms with E-state index in [1.807, 2.05) is 31.2 Å². The van der Waals surface area contributed by atoms with Crippen molar-refractivity contribution in [1.82, 2.24) is 9.88 Å². The third-order valence-electron chi connectivity index (χ3n) is 6.76. The summed E-state index contributed by atoms with van der Waals surface area (Å²) < 4.78 is 68.3. The summed E-state index contributed by atoms with van der Waals surface area (Å²) in [5, 5.41) is 26.9. The van der Waals surface area contributed by atoms with Crippen LogP contribution >= 0.6 is 0 Å². The van der Waals surface area contributed by atoms with Gasteiger partial charge >= 0.3 is 11.5 Å². The predicted molar refractivity (Wildman–Crippen MR) is 157 cm³/mol. The number of benzene rings is 3. The molecule has 0 amide bonds. The lowest BCUT2D eigenvalue weighted by molar-refractivity contribution is -0.0433. The van der Waals surface area contributed by atoms with E-state index in [-0.39, 0.29) is 37.1 Å². The fraction of sp³-hybridized carbons (Fsp3) is 0.300. The molecule has 2 atom stereocenters. The molecule has 4 rings (SSSR count). The number of fused-ring (bicyclic) bond motifs is 1. The van der Waals surface area contributed by atoms with Crippen LogP contribution in [-0.4, -0.2) is 65.8 Å². The molecule has 0 spiro atoms. The number of nitrogens with one attached hydrogen (secondary N) is 2. The number of carbonyl (C=O) groups is 1. The van der Waals surface area contributed by atoms with Gasteiger partial charge in [0.1, 0.15) is 30.0 Å². The SMILES string of the molecule is CC(Cc1c(C(=O)O)n(Cc2cccc(NCS(=O)(=O)C(F)(F)F)c2)c2ccccc12)NCC(O)COc1ccccc1. The Bertz CT molecular complexity index is 1660. The second-order valence-corrected chi connectivity index (χ2v) is 12.1. The number of aliphatic hydroxyl groups is 1. The number of anilines is 1. The van der Waals surface area contributed by atoms with Crippen molar-refractivity contribution in [1.29, 1.82) is 0 Å². The number of alkyl halides is 3. The lowest BCUT2D eigenvalue weighted by atomic mass is 10.0. The van der Waals surface area contributed by atoms with E-state index in [4.69, 9.17) is 4.74 Å². The van der Waals surface area contributed by atoms with Crippen LogP contribution in [0.4, 0.5) is 18.9 Å². The van der Waals surface area contributed by atoms with Gasteiger partial charge < -0.3 is 30.2 Å². The van der Waals surface area contributed by atoms with Crippen LogP contribution in [0.3, 0.4) is 0 Å². The molecule has 13 heteroatoms. The number of aromatic carboxylic acids is 1. The average molecular weight is 620 g/mol. The highest BCUT2D eigenvalue weighted by Gasteiger charge is 2.45. The highest BCUT2D eigenvalue weighted by molar-refractivity contribution is 7.92. The van der Waals surface area contributed by atoms with E-state index in [9.17, 15) is 36.6 Å². The summed E-state index contributed by atoms with van der Waals surface area (Å²) in [5.41, 5.74) is -3.39. The molecule has 2 unspecified atom stereocenters. The van der Waals surface area contributed by atoms with Gasteiger partial charge in [0.15, 0.2) is 0 Å². The van der Waals surface area contributed by atoms with Gasteiger partial charge in [0.05, 0.1) is 0 Å². The van der Waals surface area contributed by atoms with Crippen LogP contribution in [0.25, 0.3) is 10.9 Å². The molecule has 0 saturated heterocycles. The number of aromatic nitrogens is 1. The van der Waals surface area contributed by atoms with E-state index in [0.29, 0.717) is 28.8 Å². The molecule has 0 saturated carbocycles. The van der Waals surface area contributed by atoms with Gasteiger partial charge in [-0.15, -0.1) is 0 Å². The highest BCUT2D eigenvalue weighted by Crippen LogP contribution is 2.29. The minimum atomic E-state index is -5.38. The Labute approximate surface area is 246 Å². The maximum absolute atomic E-state index is 12.7. The van der Waals surface area contributed by atoms with E-state index in [2.05, 4.69) is 10.6 Å². The zero-order chi connectivity index (χ0) is 31.2. The summed E-state index contributed by atoms with van der Waals surface area (Å²) in [7, 11) is -5.37. The van der Waals surface area contributed by atoms with Gasteiger partial charge in [-0.1, -0.05) is 48.5 Å². The van der Waals surface area contributed by atoms with E-state index >= 15 is 0 Å². The van der Waals surface area contributed by atoms with E-state index < -0.39 is 33.3 Å². The molecular formula is C30H32F3N3O6S. The quantitative estimate of drug-likeness (QED) is 0.161. The number of nitrogens with zero attached hydrogens (tertiary/aromatic N) is 1. The Morgan fingerprint density at radius 1 is 1.02 bits per heavy atom. The van der Waals surface area contributed by atoms with Crippen LogP contribution in [0, 0.1) is 0 Å². The standard InChI is InChI=1S/C30H32F3N3O6S/c1-20(34-16-23(37)18-42-24-10-3-2-4-11-24)14-26-25-12-5-6-13-27(25)36(28(26)29(38)39)17-21-8-7-9-22(15-21)35-19-43(40,41)30(31,32)33/h2-13,15,20,23,34-35,37H,14,16-19H2,1H3,(H,38,39). The summed E-state index contributed by atoms with van der Waals surface area (Å²) in [5.74, 6) is -1.84. The molecular weight excluding hydrogens is 587 g/mol. The first-order valence-corrected chi connectivity index (χ1v) is 15.1. The van der Waals surface area contributed by atoms with Crippen LogP contribution < -0.4 is 15.4 Å². The van der Waals surface area contributed by atoms with Crippen molar-refractivity contribution in [3.05, 3.63) is 95.7 Å². The number of carboxylic acids is 1. The van der Waals surface area contributed by atoms with Gasteiger partial charge in [0, 0.05) is 35.7 Å². The molecule has 3 aromatic carbocycles. The predicted octanol–water partition coefficient (Wildman–Crippen LogP) is 4.65. The normalized spacial score (nSPS) is 13.5. The summed E-state index contributed by atoms with van der Waals surface area (Å²) in [6.07, 6.45) is -0.465. The van der Waals surface area contributed by atoms with Crippen molar-refractivity contribution in [3.8, 4) is 5.75 Å². The molecule has 4 N–H and O–H groups in total. The molecule has 0 aliphatic heterocycles. The number of halogens is 3. The molecule has 0 aliphatic carbocycles. The number of aliphatic hydroxyl groups excluding tert-OH is 1. The topological polar surface area (TPSA) is 130 Å². The third-order valence-corrected chi connectivity index (χ3v) is 7.99. The smallest absolute Gasteiger partial charge is 0.491 e. The molecule has 0 fully saturated rings. The Balaban J connectivity index is 1.50. The van der Waals surface area contributed by atoms with Crippen molar-refractivity contribution < 1.29 is 41.3 Å². The van der Waals surface area contributed by atoms with Crippen molar-refractivity contribution in [2.45, 2.75) is 37.5 Å². The first-order valence-electron chi connectivity index (χ1n) is 13.4. The van der Waals surface area contributed by atoms with Crippen molar-refractivity contribution in [2.24, 2.45) is 0 Å². The lowest BCUT2D eigenvalue weighted by Gasteiger charge is -2.18. The number of para-hydroxylation sites is 2. The minimum Gasteiger partial charge on any atom is -0.491 e. The first kappa shape index (κ1) is 31.9. The van der Waals surface area contributed by atoms with Crippen LogP contribution in [0.2, 0.25) is 0 Å². The zero-order valence-electron chi connectivity index (χ0n) is 23.2. The monoisotopic (exact) mass is 619 g/mol. The fourth-order valence-corrected chi connectivity index (χ4v) is 5.22. The number of hydrogen-bond donors (Lipinski definition) is 4. The van der Waals surface area contributed by atoms with Crippen LogP contribution in [0.15, 0.2) is 78.9 Å². The lowest BCUT2D eigenvalue weighted by Crippen LogP contribution is -2.37. The van der Waals surface area contributed by atoms with E-state index in [0.717, 1.165) is 5.39 Å². The van der Waals surface area contributed by atoms with E-state index in [1.165, 1.54) is 12.1 Å². The second kappa shape index (κ2) is 13.5. The van der Waals surface area contributed by atoms with Gasteiger partial charge in [-0.3, -0.25) is 0 Å². The Kier molecular flexibility index (Phi) is 9.99. The van der Waals surface area contributed by atoms with Crippen LogP contribution in [0.1, 0.15) is 28.5 Å². The number of carboxylic acid groups (broad SMARTS) is 1. The summed E-state index contributed by atoms with van der Waals surface area (Å²) in [6.45, 7) is 2.26. The van der Waals surface area contributed by atoms with Gasteiger partial charge in [-0.25, -0.2) is 13.2 Å². The number of ether oxygens (including phenoxy) is 1. The molecule has 4 aromatic rings. The second-order valence-electron chi connectivity index (χ2n) is 10.1. The molecule has 1 aromatic heterocycles. The number of rotatable bonds is 14. The van der Waals surface area contributed by atoms with E-state index in [1.54, 1.807) is 47.0 Å². The maximum Gasteiger partial charge on any atom is 0.499 e. The molecule has 43 heavy (non-hydrogen) atoms. The minimum absolute atomic E-state index is 0.0563. The zero-order valence-corrected chi connectivity index (χ0v) is 24.0. The first-order chi connectivity index (χ1) is 20.4. The number of hydrogen-bond acceptors (Lipinski definition) is 7. The molecule has 0 aliphatic rings. The van der Waals surface area contributed by atoms with Crippen LogP contribution in [-0.2, 0) is 22.8 Å². The molecule has 1 heterocycles. The Morgan fingerprint density at radius 3 is 2.42 bits per heavy atom. The molecule has 0 bridgehead atoms. The van der Waals surface area contributed by atoms with Gasteiger partial charge in [0.2, 0.25) is 0 Å². The molecule has 9 nitrogen and oxygen atoms in total. The highest BCUT2D eigenvalue weighted by atomic mass is 32.2. The summed E-state index contributed by atoms with van der Waals surface area (Å²) >= 11 is 0. The molecule has 230 valence electrons.